The van der Waals surface area contributed by atoms with Crippen LogP contribution in [0.1, 0.15) is 22.3 Å². The maximum absolute atomic E-state index is 5.53. The van der Waals surface area contributed by atoms with Gasteiger partial charge in [0, 0.05) is 10.8 Å². The van der Waals surface area contributed by atoms with Gasteiger partial charge in [0.05, 0.1) is 14.2 Å². The molecule has 0 spiro atoms. The molecule has 0 heterocycles. The third-order valence-electron chi connectivity index (χ3n) is 6.10. The summed E-state index contributed by atoms with van der Waals surface area (Å²) in [6, 6.07) is 33.5. The quantitative estimate of drug-likeness (QED) is 0.246. The first-order valence-corrected chi connectivity index (χ1v) is 11.3. The van der Waals surface area contributed by atoms with Crippen LogP contribution in [-0.4, -0.2) is 14.2 Å². The average Bonchev–Trinajstić information content (AvgIpc) is 2.90. The van der Waals surface area contributed by atoms with Crippen LogP contribution >= 0.6 is 0 Å². The zero-order valence-corrected chi connectivity index (χ0v) is 19.4. The van der Waals surface area contributed by atoms with Gasteiger partial charge in [-0.3, -0.25) is 0 Å². The predicted octanol–water partition coefficient (Wildman–Crippen LogP) is 8.35. The highest BCUT2D eigenvalue weighted by Gasteiger charge is 2.05. The molecule has 5 aromatic carbocycles. The van der Waals surface area contributed by atoms with Gasteiger partial charge in [0.1, 0.15) is 11.5 Å². The number of rotatable bonds is 6. The highest BCUT2D eigenvalue weighted by Crippen LogP contribution is 2.30. The lowest BCUT2D eigenvalue weighted by Gasteiger charge is -2.08. The van der Waals surface area contributed by atoms with Crippen molar-refractivity contribution in [3.8, 4) is 11.5 Å². The summed E-state index contributed by atoms with van der Waals surface area (Å²) in [6.07, 6.45) is 8.66. The molecule has 5 aromatic rings. The van der Waals surface area contributed by atoms with Crippen molar-refractivity contribution in [3.63, 3.8) is 0 Å². The molecular formula is C32H26O2. The van der Waals surface area contributed by atoms with E-state index in [1.807, 2.05) is 24.3 Å². The van der Waals surface area contributed by atoms with E-state index >= 15 is 0 Å². The largest absolute Gasteiger partial charge is 0.496 e. The molecule has 0 aromatic heterocycles. The number of hydrogen-bond donors (Lipinski definition) is 0. The van der Waals surface area contributed by atoms with E-state index in [0.717, 1.165) is 33.4 Å². The van der Waals surface area contributed by atoms with Crippen LogP contribution in [0.3, 0.4) is 0 Å². The van der Waals surface area contributed by atoms with Gasteiger partial charge < -0.3 is 9.47 Å². The van der Waals surface area contributed by atoms with E-state index in [1.54, 1.807) is 14.2 Å². The highest BCUT2D eigenvalue weighted by atomic mass is 16.5. The molecule has 0 aliphatic heterocycles. The lowest BCUT2D eigenvalue weighted by molar-refractivity contribution is 0.419. The molecule has 0 fully saturated rings. The molecule has 0 saturated heterocycles. The van der Waals surface area contributed by atoms with Gasteiger partial charge in [0.2, 0.25) is 0 Å². The second kappa shape index (κ2) is 9.68. The monoisotopic (exact) mass is 442 g/mol. The van der Waals surface area contributed by atoms with Crippen molar-refractivity contribution in [2.75, 3.05) is 14.2 Å². The van der Waals surface area contributed by atoms with E-state index in [2.05, 4.69) is 97.1 Å². The smallest absolute Gasteiger partial charge is 0.126 e. The summed E-state index contributed by atoms with van der Waals surface area (Å²) in [6.45, 7) is 0. The Kier molecular flexibility index (Phi) is 6.13. The molecule has 0 N–H and O–H groups in total. The third-order valence-corrected chi connectivity index (χ3v) is 6.10. The minimum absolute atomic E-state index is 0.894. The molecule has 34 heavy (non-hydrogen) atoms. The Morgan fingerprint density at radius 3 is 1.32 bits per heavy atom. The molecule has 0 aliphatic carbocycles. The molecule has 0 unspecified atom stereocenters. The van der Waals surface area contributed by atoms with Crippen LogP contribution in [0.5, 0.6) is 11.5 Å². The van der Waals surface area contributed by atoms with Crippen molar-refractivity contribution in [2.24, 2.45) is 0 Å². The first-order valence-electron chi connectivity index (χ1n) is 11.3. The van der Waals surface area contributed by atoms with Crippen LogP contribution in [-0.2, 0) is 0 Å². The van der Waals surface area contributed by atoms with E-state index in [1.165, 1.54) is 21.9 Å². The second-order valence-corrected chi connectivity index (χ2v) is 8.14. The zero-order valence-electron chi connectivity index (χ0n) is 19.4. The maximum Gasteiger partial charge on any atom is 0.126 e. The summed E-state index contributed by atoms with van der Waals surface area (Å²) < 4.78 is 11.1. The minimum atomic E-state index is 0.894. The van der Waals surface area contributed by atoms with Crippen LogP contribution in [0.4, 0.5) is 0 Å². The molecule has 0 amide bonds. The molecule has 2 heteroatoms. The number of hydrogen-bond acceptors (Lipinski definition) is 2. The lowest BCUT2D eigenvalue weighted by Crippen LogP contribution is -1.87. The van der Waals surface area contributed by atoms with Crippen molar-refractivity contribution in [3.05, 3.63) is 119 Å². The Morgan fingerprint density at radius 1 is 0.441 bits per heavy atom. The molecule has 0 atom stereocenters. The summed E-state index contributed by atoms with van der Waals surface area (Å²) in [4.78, 5) is 0. The van der Waals surface area contributed by atoms with Gasteiger partial charge in [-0.2, -0.15) is 0 Å². The number of benzene rings is 5. The Bertz CT molecular complexity index is 1410. The van der Waals surface area contributed by atoms with Crippen LogP contribution in [0.15, 0.2) is 97.1 Å². The molecule has 5 rings (SSSR count). The Hall–Kier alpha value is -4.30. The van der Waals surface area contributed by atoms with Gasteiger partial charge in [-0.15, -0.1) is 0 Å². The van der Waals surface area contributed by atoms with Crippen molar-refractivity contribution < 1.29 is 9.47 Å². The first kappa shape index (κ1) is 21.5. The van der Waals surface area contributed by atoms with E-state index in [9.17, 15) is 0 Å². The van der Waals surface area contributed by atoms with Crippen molar-refractivity contribution in [1.82, 2.24) is 0 Å². The van der Waals surface area contributed by atoms with Gasteiger partial charge in [-0.05, 0) is 51.2 Å². The van der Waals surface area contributed by atoms with Gasteiger partial charge in [-0.25, -0.2) is 0 Å². The maximum atomic E-state index is 5.53. The topological polar surface area (TPSA) is 18.5 Å². The molecule has 166 valence electrons. The zero-order chi connectivity index (χ0) is 23.3. The van der Waals surface area contributed by atoms with Crippen LogP contribution in [0.25, 0.3) is 45.8 Å². The van der Waals surface area contributed by atoms with Gasteiger partial charge in [0.25, 0.3) is 0 Å². The summed E-state index contributed by atoms with van der Waals surface area (Å²) in [5.74, 6) is 1.79. The molecule has 0 aliphatic rings. The SMILES string of the molecule is COc1ccc(C=Cc2cccc(C=Cc3ccc(OC)c4ccccc34)c2)c2ccccc12. The summed E-state index contributed by atoms with van der Waals surface area (Å²) in [5.41, 5.74) is 4.65. The Morgan fingerprint density at radius 2 is 0.882 bits per heavy atom. The fourth-order valence-corrected chi connectivity index (χ4v) is 4.37. The van der Waals surface area contributed by atoms with Crippen molar-refractivity contribution in [1.29, 1.82) is 0 Å². The Labute approximate surface area is 200 Å². The lowest BCUT2D eigenvalue weighted by atomic mass is 10.0. The molecular weight excluding hydrogens is 416 g/mol. The Balaban J connectivity index is 1.43. The summed E-state index contributed by atoms with van der Waals surface area (Å²) >= 11 is 0. The standard InChI is InChI=1S/C32H26O2/c1-33-31-20-18-25(27-10-3-5-12-29(27)31)16-14-23-8-7-9-24(22-23)15-17-26-19-21-32(34-2)30-13-6-4-11-28(26)30/h3-22H,1-2H3. The van der Waals surface area contributed by atoms with E-state index in [4.69, 9.17) is 9.47 Å². The number of ether oxygens (including phenoxy) is 2. The normalized spacial score (nSPS) is 11.6. The third kappa shape index (κ3) is 4.31. The van der Waals surface area contributed by atoms with E-state index < -0.39 is 0 Å². The average molecular weight is 443 g/mol. The van der Waals surface area contributed by atoms with Gasteiger partial charge in [0.15, 0.2) is 0 Å². The predicted molar refractivity (Wildman–Crippen MR) is 145 cm³/mol. The van der Waals surface area contributed by atoms with Crippen LogP contribution in [0.2, 0.25) is 0 Å². The highest BCUT2D eigenvalue weighted by molar-refractivity contribution is 5.97. The number of methoxy groups -OCH3 is 2. The van der Waals surface area contributed by atoms with Crippen molar-refractivity contribution >= 4 is 45.8 Å². The van der Waals surface area contributed by atoms with Gasteiger partial charge >= 0.3 is 0 Å². The molecule has 0 bridgehead atoms. The fourth-order valence-electron chi connectivity index (χ4n) is 4.37. The van der Waals surface area contributed by atoms with E-state index in [0.29, 0.717) is 0 Å². The van der Waals surface area contributed by atoms with E-state index in [-0.39, 0.29) is 0 Å². The minimum Gasteiger partial charge on any atom is -0.496 e. The first-order chi connectivity index (χ1) is 16.8. The molecule has 0 saturated carbocycles. The van der Waals surface area contributed by atoms with Crippen molar-refractivity contribution in [2.45, 2.75) is 0 Å². The van der Waals surface area contributed by atoms with Crippen LogP contribution < -0.4 is 9.47 Å². The molecule has 2 nitrogen and oxygen atoms in total. The van der Waals surface area contributed by atoms with Crippen LogP contribution in [0, 0.1) is 0 Å². The number of fused-ring (bicyclic) bond motifs is 2. The second-order valence-electron chi connectivity index (χ2n) is 8.14. The fraction of sp³-hybridized carbons (Fsp3) is 0.0625. The summed E-state index contributed by atoms with van der Waals surface area (Å²) in [5, 5.41) is 4.60. The summed E-state index contributed by atoms with van der Waals surface area (Å²) in [7, 11) is 3.43. The molecule has 0 radical (unpaired) electrons. The van der Waals surface area contributed by atoms with Gasteiger partial charge in [-0.1, -0.05) is 103 Å².